The predicted molar refractivity (Wildman–Crippen MR) is 72.2 cm³/mol. The van der Waals surface area contributed by atoms with Gasteiger partial charge in [0.25, 0.3) is 5.82 Å². The molecular weight excluding hydrogens is 266 g/mol. The van der Waals surface area contributed by atoms with Crippen LogP contribution in [-0.2, 0) is 0 Å². The molecule has 2 aromatic rings. The highest BCUT2D eigenvalue weighted by Gasteiger charge is 2.19. The van der Waals surface area contributed by atoms with Crippen LogP contribution in [-0.4, -0.2) is 25.8 Å². The Balaban J connectivity index is 2.66. The third-order valence-corrected chi connectivity index (χ3v) is 2.97. The van der Waals surface area contributed by atoms with Gasteiger partial charge in [0.1, 0.15) is 5.82 Å². The number of carboxylic acid groups (broad SMARTS) is 1. The van der Waals surface area contributed by atoms with Crippen molar-refractivity contribution in [2.45, 2.75) is 26.7 Å². The zero-order chi connectivity index (χ0) is 14.2. The van der Waals surface area contributed by atoms with Crippen LogP contribution in [0.2, 0.25) is 5.02 Å². The largest absolute Gasteiger partial charge is 0.475 e. The fourth-order valence-corrected chi connectivity index (χ4v) is 1.94. The van der Waals surface area contributed by atoms with Crippen LogP contribution in [0.25, 0.3) is 5.69 Å². The van der Waals surface area contributed by atoms with Gasteiger partial charge in [0.05, 0.1) is 5.69 Å². The molecule has 0 fully saturated rings. The zero-order valence-electron chi connectivity index (χ0n) is 10.9. The van der Waals surface area contributed by atoms with E-state index in [0.29, 0.717) is 10.8 Å². The van der Waals surface area contributed by atoms with E-state index in [2.05, 4.69) is 10.1 Å². The Kier molecular flexibility index (Phi) is 3.57. The number of carboxylic acids is 1. The van der Waals surface area contributed by atoms with E-state index in [4.69, 9.17) is 16.7 Å². The number of aryl methyl sites for hydroxylation is 1. The Labute approximate surface area is 115 Å². The lowest BCUT2D eigenvalue weighted by Crippen LogP contribution is -2.06. The van der Waals surface area contributed by atoms with Gasteiger partial charge in [-0.1, -0.05) is 31.5 Å². The van der Waals surface area contributed by atoms with Crippen molar-refractivity contribution in [3.05, 3.63) is 40.4 Å². The second-order valence-electron chi connectivity index (χ2n) is 4.60. The minimum Gasteiger partial charge on any atom is -0.475 e. The maximum atomic E-state index is 11.0. The minimum absolute atomic E-state index is 0.0546. The molecule has 0 saturated carbocycles. The van der Waals surface area contributed by atoms with Crippen molar-refractivity contribution >= 4 is 17.6 Å². The molecule has 0 saturated heterocycles. The van der Waals surface area contributed by atoms with Gasteiger partial charge in [-0.3, -0.25) is 0 Å². The van der Waals surface area contributed by atoms with E-state index >= 15 is 0 Å². The van der Waals surface area contributed by atoms with Gasteiger partial charge in [-0.25, -0.2) is 14.5 Å². The van der Waals surface area contributed by atoms with Gasteiger partial charge in [-0.15, -0.1) is 5.10 Å². The van der Waals surface area contributed by atoms with E-state index in [0.717, 1.165) is 11.3 Å². The summed E-state index contributed by atoms with van der Waals surface area (Å²) in [6, 6.07) is 5.40. The van der Waals surface area contributed by atoms with Gasteiger partial charge in [0.2, 0.25) is 0 Å². The van der Waals surface area contributed by atoms with E-state index in [9.17, 15) is 4.79 Å². The molecule has 0 atom stereocenters. The van der Waals surface area contributed by atoms with Gasteiger partial charge >= 0.3 is 5.97 Å². The molecule has 19 heavy (non-hydrogen) atoms. The summed E-state index contributed by atoms with van der Waals surface area (Å²) in [5.74, 6) is -0.690. The number of aromatic nitrogens is 3. The third-order valence-electron chi connectivity index (χ3n) is 2.74. The van der Waals surface area contributed by atoms with Crippen LogP contribution in [0.1, 0.15) is 41.8 Å². The van der Waals surface area contributed by atoms with Gasteiger partial charge in [0, 0.05) is 10.9 Å². The van der Waals surface area contributed by atoms with Crippen molar-refractivity contribution in [1.82, 2.24) is 14.8 Å². The molecule has 6 heteroatoms. The molecule has 0 radical (unpaired) electrons. The van der Waals surface area contributed by atoms with Crippen LogP contribution in [0.5, 0.6) is 0 Å². The van der Waals surface area contributed by atoms with Crippen molar-refractivity contribution in [3.63, 3.8) is 0 Å². The molecule has 1 N–H and O–H groups in total. The molecule has 0 aliphatic heterocycles. The quantitative estimate of drug-likeness (QED) is 0.937. The van der Waals surface area contributed by atoms with Crippen molar-refractivity contribution in [2.75, 3.05) is 0 Å². The maximum absolute atomic E-state index is 11.0. The lowest BCUT2D eigenvalue weighted by atomic mass is 10.1. The average Bonchev–Trinajstić information content (AvgIpc) is 2.77. The first-order chi connectivity index (χ1) is 8.90. The standard InChI is InChI=1S/C13H14ClN3O2/c1-7(2)12-15-11(13(18)19)16-17(12)10-6-9(14)5-4-8(10)3/h4-7H,1-3H3,(H,18,19). The molecule has 0 spiro atoms. The van der Waals surface area contributed by atoms with Gasteiger partial charge in [0.15, 0.2) is 0 Å². The van der Waals surface area contributed by atoms with Crippen LogP contribution in [0.4, 0.5) is 0 Å². The normalized spacial score (nSPS) is 11.0. The maximum Gasteiger partial charge on any atom is 0.375 e. The Morgan fingerprint density at radius 3 is 2.68 bits per heavy atom. The van der Waals surface area contributed by atoms with Gasteiger partial charge < -0.3 is 5.11 Å². The van der Waals surface area contributed by atoms with E-state index in [1.807, 2.05) is 26.8 Å². The Morgan fingerprint density at radius 1 is 1.42 bits per heavy atom. The number of carbonyl (C=O) groups is 1. The van der Waals surface area contributed by atoms with Crippen LogP contribution < -0.4 is 0 Å². The SMILES string of the molecule is Cc1ccc(Cl)cc1-n1nc(C(=O)O)nc1C(C)C. The number of hydrogen-bond acceptors (Lipinski definition) is 3. The van der Waals surface area contributed by atoms with Crippen LogP contribution >= 0.6 is 11.6 Å². The smallest absolute Gasteiger partial charge is 0.375 e. The number of halogens is 1. The fraction of sp³-hybridized carbons (Fsp3) is 0.308. The van der Waals surface area contributed by atoms with E-state index in [1.165, 1.54) is 0 Å². The predicted octanol–water partition coefficient (Wildman–Crippen LogP) is 3.05. The first-order valence-corrected chi connectivity index (χ1v) is 6.24. The minimum atomic E-state index is -1.14. The molecule has 1 heterocycles. The van der Waals surface area contributed by atoms with Crippen molar-refractivity contribution in [1.29, 1.82) is 0 Å². The molecule has 0 aliphatic rings. The monoisotopic (exact) mass is 279 g/mol. The number of hydrogen-bond donors (Lipinski definition) is 1. The molecule has 0 aliphatic carbocycles. The lowest BCUT2D eigenvalue weighted by Gasteiger charge is -2.11. The van der Waals surface area contributed by atoms with E-state index < -0.39 is 5.97 Å². The zero-order valence-corrected chi connectivity index (χ0v) is 11.6. The van der Waals surface area contributed by atoms with Crippen molar-refractivity contribution in [2.24, 2.45) is 0 Å². The van der Waals surface area contributed by atoms with Crippen LogP contribution in [0.3, 0.4) is 0 Å². The van der Waals surface area contributed by atoms with Crippen LogP contribution in [0.15, 0.2) is 18.2 Å². The van der Waals surface area contributed by atoms with E-state index in [-0.39, 0.29) is 11.7 Å². The van der Waals surface area contributed by atoms with Crippen molar-refractivity contribution < 1.29 is 9.90 Å². The molecule has 100 valence electrons. The molecule has 0 amide bonds. The Hall–Kier alpha value is -1.88. The summed E-state index contributed by atoms with van der Waals surface area (Å²) in [5, 5.41) is 13.6. The number of benzene rings is 1. The summed E-state index contributed by atoms with van der Waals surface area (Å²) in [4.78, 5) is 15.1. The van der Waals surface area contributed by atoms with E-state index in [1.54, 1.807) is 16.8 Å². The summed E-state index contributed by atoms with van der Waals surface area (Å²) in [6.45, 7) is 5.79. The Bertz CT molecular complexity index is 635. The number of nitrogens with zero attached hydrogens (tertiary/aromatic N) is 3. The topological polar surface area (TPSA) is 68.0 Å². The molecule has 5 nitrogen and oxygen atoms in total. The Morgan fingerprint density at radius 2 is 2.11 bits per heavy atom. The highest BCUT2D eigenvalue weighted by atomic mass is 35.5. The van der Waals surface area contributed by atoms with Gasteiger partial charge in [-0.2, -0.15) is 0 Å². The summed E-state index contributed by atoms with van der Waals surface area (Å²) < 4.78 is 1.55. The summed E-state index contributed by atoms with van der Waals surface area (Å²) in [7, 11) is 0. The molecule has 0 bridgehead atoms. The fourth-order valence-electron chi connectivity index (χ4n) is 1.78. The molecule has 0 unspecified atom stereocenters. The summed E-state index contributed by atoms with van der Waals surface area (Å²) >= 11 is 5.99. The van der Waals surface area contributed by atoms with Gasteiger partial charge in [-0.05, 0) is 24.6 Å². The highest BCUT2D eigenvalue weighted by molar-refractivity contribution is 6.30. The average molecular weight is 280 g/mol. The molecular formula is C13H14ClN3O2. The molecule has 1 aromatic heterocycles. The molecule has 1 aromatic carbocycles. The summed E-state index contributed by atoms with van der Waals surface area (Å²) in [6.07, 6.45) is 0. The van der Waals surface area contributed by atoms with Crippen molar-refractivity contribution in [3.8, 4) is 5.69 Å². The third kappa shape index (κ3) is 2.61. The second kappa shape index (κ2) is 5.01. The molecule has 2 rings (SSSR count). The van der Waals surface area contributed by atoms with Crippen LogP contribution in [0, 0.1) is 6.92 Å². The lowest BCUT2D eigenvalue weighted by molar-refractivity contribution is 0.0683. The summed E-state index contributed by atoms with van der Waals surface area (Å²) in [5.41, 5.74) is 1.70. The second-order valence-corrected chi connectivity index (χ2v) is 5.03. The first kappa shape index (κ1) is 13.5. The highest BCUT2D eigenvalue weighted by Crippen LogP contribution is 2.23. The number of aromatic carboxylic acids is 1. The number of rotatable bonds is 3. The first-order valence-electron chi connectivity index (χ1n) is 5.87.